The van der Waals surface area contributed by atoms with Gasteiger partial charge in [0.2, 0.25) is 11.8 Å². The zero-order valence-corrected chi connectivity index (χ0v) is 18.6. The van der Waals surface area contributed by atoms with Crippen molar-refractivity contribution in [2.75, 3.05) is 36.5 Å². The smallest absolute Gasteiger partial charge is 0.262 e. The Bertz CT molecular complexity index is 1110. The molecule has 0 atom stereocenters. The number of carbonyl (C=O) groups excluding carboxylic acids is 1. The van der Waals surface area contributed by atoms with Crippen LogP contribution in [-0.2, 0) is 0 Å². The number of hydrogen-bond acceptors (Lipinski definition) is 7. The summed E-state index contributed by atoms with van der Waals surface area (Å²) in [6.45, 7) is 8.69. The van der Waals surface area contributed by atoms with E-state index in [1.807, 2.05) is 6.92 Å². The predicted octanol–water partition coefficient (Wildman–Crippen LogP) is 2.80. The molecule has 0 saturated carbocycles. The maximum Gasteiger partial charge on any atom is 0.262 e. The van der Waals surface area contributed by atoms with Crippen LogP contribution in [0.4, 0.5) is 16.0 Å². The highest BCUT2D eigenvalue weighted by atomic mass is 19.1. The number of fused-ring (bicyclic) bond motifs is 1. The molecule has 1 fully saturated rings. The highest BCUT2D eigenvalue weighted by molar-refractivity contribution is 6.05. The van der Waals surface area contributed by atoms with Gasteiger partial charge in [0, 0.05) is 43.8 Å². The van der Waals surface area contributed by atoms with Gasteiger partial charge in [-0.3, -0.25) is 4.79 Å². The van der Waals surface area contributed by atoms with E-state index in [1.165, 1.54) is 12.3 Å². The number of piperidine rings is 1. The lowest BCUT2D eigenvalue weighted by molar-refractivity contribution is 0.102. The predicted molar refractivity (Wildman–Crippen MR) is 120 cm³/mol. The molecule has 1 amide bonds. The van der Waals surface area contributed by atoms with Gasteiger partial charge < -0.3 is 24.7 Å². The van der Waals surface area contributed by atoms with Crippen molar-refractivity contribution in [3.8, 4) is 5.88 Å². The van der Waals surface area contributed by atoms with Crippen molar-refractivity contribution in [3.05, 3.63) is 41.7 Å². The second-order valence-electron chi connectivity index (χ2n) is 7.78. The molecule has 0 aromatic carbocycles. The van der Waals surface area contributed by atoms with Crippen LogP contribution >= 0.6 is 0 Å². The monoisotopic (exact) mass is 441 g/mol. The van der Waals surface area contributed by atoms with E-state index < -0.39 is 11.7 Å². The Morgan fingerprint density at radius 3 is 2.75 bits per heavy atom. The molecule has 4 rings (SSSR count). The van der Waals surface area contributed by atoms with Crippen LogP contribution in [0.2, 0.25) is 0 Å². The Balaban J connectivity index is 1.53. The summed E-state index contributed by atoms with van der Waals surface area (Å²) in [4.78, 5) is 28.1. The maximum atomic E-state index is 14.4. The third-order valence-electron chi connectivity index (χ3n) is 5.42. The van der Waals surface area contributed by atoms with Crippen LogP contribution in [0.25, 0.3) is 5.65 Å². The van der Waals surface area contributed by atoms with Gasteiger partial charge in [0.05, 0.1) is 18.0 Å². The maximum absolute atomic E-state index is 14.4. The highest BCUT2D eigenvalue weighted by Crippen LogP contribution is 2.23. The van der Waals surface area contributed by atoms with Gasteiger partial charge in [-0.25, -0.2) is 14.4 Å². The molecular formula is C22H28FN7O2. The summed E-state index contributed by atoms with van der Waals surface area (Å²) < 4.78 is 21.5. The number of rotatable bonds is 7. The first-order valence-corrected chi connectivity index (χ1v) is 10.9. The van der Waals surface area contributed by atoms with Crippen LogP contribution in [0, 0.1) is 12.7 Å². The van der Waals surface area contributed by atoms with Crippen LogP contribution in [0.15, 0.2) is 24.7 Å². The van der Waals surface area contributed by atoms with Crippen LogP contribution in [0.1, 0.15) is 42.7 Å². The summed E-state index contributed by atoms with van der Waals surface area (Å²) in [5.41, 5.74) is 1.39. The lowest BCUT2D eigenvalue weighted by Gasteiger charge is -2.32. The van der Waals surface area contributed by atoms with Crippen molar-refractivity contribution in [2.24, 2.45) is 0 Å². The third kappa shape index (κ3) is 4.64. The fraction of sp³-hybridized carbons (Fsp3) is 0.455. The molecule has 0 bridgehead atoms. The molecule has 0 radical (unpaired) electrons. The molecule has 4 heterocycles. The summed E-state index contributed by atoms with van der Waals surface area (Å²) in [5.74, 6) is -0.236. The van der Waals surface area contributed by atoms with E-state index in [4.69, 9.17) is 4.74 Å². The van der Waals surface area contributed by atoms with E-state index in [9.17, 15) is 9.18 Å². The van der Waals surface area contributed by atoms with Crippen LogP contribution in [0.3, 0.4) is 0 Å². The van der Waals surface area contributed by atoms with Gasteiger partial charge in [-0.2, -0.15) is 4.98 Å². The normalized spacial score (nSPS) is 14.7. The third-order valence-corrected chi connectivity index (χ3v) is 5.42. The first kappa shape index (κ1) is 21.9. The minimum Gasteiger partial charge on any atom is -0.477 e. The first-order valence-electron chi connectivity index (χ1n) is 10.9. The van der Waals surface area contributed by atoms with E-state index in [-0.39, 0.29) is 17.1 Å². The zero-order valence-electron chi connectivity index (χ0n) is 18.6. The molecular weight excluding hydrogens is 413 g/mol. The molecule has 0 spiro atoms. The Labute approximate surface area is 186 Å². The lowest BCUT2D eigenvalue weighted by atomic mass is 10.1. The van der Waals surface area contributed by atoms with Crippen molar-refractivity contribution >= 4 is 23.2 Å². The van der Waals surface area contributed by atoms with E-state index in [0.29, 0.717) is 30.0 Å². The molecule has 10 heteroatoms. The molecule has 32 heavy (non-hydrogen) atoms. The number of nitrogens with zero attached hydrogens (tertiary/aromatic N) is 5. The molecule has 0 unspecified atom stereocenters. The molecule has 1 aliphatic heterocycles. The van der Waals surface area contributed by atoms with Crippen LogP contribution in [0.5, 0.6) is 5.88 Å². The number of pyridine rings is 1. The van der Waals surface area contributed by atoms with Crippen LogP contribution < -0.4 is 20.3 Å². The van der Waals surface area contributed by atoms with Gasteiger partial charge >= 0.3 is 0 Å². The molecule has 0 aliphatic carbocycles. The fourth-order valence-corrected chi connectivity index (χ4v) is 3.93. The number of nitrogens with one attached hydrogen (secondary N) is 2. The Morgan fingerprint density at radius 2 is 2.03 bits per heavy atom. The minimum absolute atomic E-state index is 0.195. The van der Waals surface area contributed by atoms with Gasteiger partial charge in [0.25, 0.3) is 5.91 Å². The number of aryl methyl sites for hydroxylation is 1. The van der Waals surface area contributed by atoms with Crippen LogP contribution in [-0.4, -0.2) is 57.5 Å². The van der Waals surface area contributed by atoms with Gasteiger partial charge in [-0.15, -0.1) is 0 Å². The molecule has 3 aromatic rings. The Hall–Kier alpha value is -3.27. The number of anilines is 2. The number of halogens is 1. The Morgan fingerprint density at radius 1 is 1.25 bits per heavy atom. The first-order chi connectivity index (χ1) is 15.5. The van der Waals surface area contributed by atoms with E-state index in [0.717, 1.165) is 32.5 Å². The van der Waals surface area contributed by atoms with E-state index in [1.54, 1.807) is 23.7 Å². The van der Waals surface area contributed by atoms with Crippen molar-refractivity contribution in [2.45, 2.75) is 39.7 Å². The second kappa shape index (κ2) is 9.47. The minimum atomic E-state index is -0.520. The van der Waals surface area contributed by atoms with Gasteiger partial charge in [-0.1, -0.05) is 6.92 Å². The number of hydrogen-bond donors (Lipinski definition) is 2. The summed E-state index contributed by atoms with van der Waals surface area (Å²) >= 11 is 0. The van der Waals surface area contributed by atoms with Crippen molar-refractivity contribution in [1.29, 1.82) is 0 Å². The molecule has 1 saturated heterocycles. The number of imidazole rings is 1. The molecule has 2 N–H and O–H groups in total. The van der Waals surface area contributed by atoms with Crippen molar-refractivity contribution < 1.29 is 13.9 Å². The topological polar surface area (TPSA) is 96.7 Å². The van der Waals surface area contributed by atoms with E-state index >= 15 is 0 Å². The van der Waals surface area contributed by atoms with Gasteiger partial charge in [0.15, 0.2) is 11.5 Å². The summed E-state index contributed by atoms with van der Waals surface area (Å²) in [6.07, 6.45) is 6.78. The second-order valence-corrected chi connectivity index (χ2v) is 7.78. The SMILES string of the molecule is CCNC1CCN(c2ncc(C(=O)Nc3cc(F)c4nc(C)cn4c3)c(OCC)n2)CC1. The number of aromatic nitrogens is 4. The summed E-state index contributed by atoms with van der Waals surface area (Å²) in [7, 11) is 0. The molecule has 1 aliphatic rings. The van der Waals surface area contributed by atoms with E-state index in [2.05, 4.69) is 37.4 Å². The fourth-order valence-electron chi connectivity index (χ4n) is 3.93. The Kier molecular flexibility index (Phi) is 6.50. The van der Waals surface area contributed by atoms with Gasteiger partial charge in [0.1, 0.15) is 5.56 Å². The molecule has 170 valence electrons. The van der Waals surface area contributed by atoms with Crippen molar-refractivity contribution in [3.63, 3.8) is 0 Å². The quantitative estimate of drug-likeness (QED) is 0.582. The zero-order chi connectivity index (χ0) is 22.7. The number of ether oxygens (including phenoxy) is 1. The molecule has 9 nitrogen and oxygen atoms in total. The number of amides is 1. The largest absolute Gasteiger partial charge is 0.477 e. The summed E-state index contributed by atoms with van der Waals surface area (Å²) in [5, 5.41) is 6.18. The number of carbonyl (C=O) groups is 1. The standard InChI is InChI=1S/C22H28FN7O2/c1-4-24-15-6-8-29(9-7-15)22-25-11-17(21(28-22)32-5-2)20(31)27-16-10-18(23)19-26-14(3)12-30(19)13-16/h10-13,15,24H,4-9H2,1-3H3,(H,27,31). The highest BCUT2D eigenvalue weighted by Gasteiger charge is 2.23. The van der Waals surface area contributed by atoms with Gasteiger partial charge in [-0.05, 0) is 33.2 Å². The lowest BCUT2D eigenvalue weighted by Crippen LogP contribution is -2.43. The molecule has 3 aromatic heterocycles. The summed E-state index contributed by atoms with van der Waals surface area (Å²) in [6, 6.07) is 1.74. The van der Waals surface area contributed by atoms with Crippen molar-refractivity contribution in [1.82, 2.24) is 24.7 Å². The average Bonchev–Trinajstić information content (AvgIpc) is 3.15. The average molecular weight is 442 g/mol.